The number of hydrogen-bond donors (Lipinski definition) is 1. The van der Waals surface area contributed by atoms with Gasteiger partial charge in [0, 0.05) is 13.2 Å². The second-order valence-electron chi connectivity index (χ2n) is 4.61. The number of hydrogen-bond acceptors (Lipinski definition) is 3. The Kier molecular flexibility index (Phi) is 4.40. The van der Waals surface area contributed by atoms with E-state index in [0.29, 0.717) is 5.56 Å². The van der Waals surface area contributed by atoms with E-state index in [9.17, 15) is 4.79 Å². The molecular weight excluding hydrogens is 254 g/mol. The Morgan fingerprint density at radius 3 is 2.60 bits per heavy atom. The third kappa shape index (κ3) is 3.17. The molecule has 0 bridgehead atoms. The number of amides is 1. The van der Waals surface area contributed by atoms with Gasteiger partial charge < -0.3 is 10.1 Å². The van der Waals surface area contributed by atoms with Gasteiger partial charge in [-0.3, -0.25) is 9.48 Å². The number of nitrogens with zero attached hydrogens (tertiary/aromatic N) is 2. The van der Waals surface area contributed by atoms with Crippen molar-refractivity contribution >= 4 is 5.91 Å². The Morgan fingerprint density at radius 2 is 2.10 bits per heavy atom. The van der Waals surface area contributed by atoms with Crippen molar-refractivity contribution in [2.24, 2.45) is 7.05 Å². The van der Waals surface area contributed by atoms with E-state index in [1.54, 1.807) is 31.2 Å². The van der Waals surface area contributed by atoms with Gasteiger partial charge in [-0.25, -0.2) is 0 Å². The van der Waals surface area contributed by atoms with Crippen LogP contribution in [0.15, 0.2) is 36.7 Å². The molecule has 0 aliphatic carbocycles. The van der Waals surface area contributed by atoms with Gasteiger partial charge in [0.15, 0.2) is 0 Å². The molecule has 1 atom stereocenters. The third-order valence-corrected chi connectivity index (χ3v) is 3.20. The molecule has 0 radical (unpaired) electrons. The zero-order chi connectivity index (χ0) is 14.5. The van der Waals surface area contributed by atoms with E-state index < -0.39 is 0 Å². The van der Waals surface area contributed by atoms with Crippen molar-refractivity contribution in [1.29, 1.82) is 0 Å². The predicted octanol–water partition coefficient (Wildman–Crippen LogP) is 2.31. The molecule has 0 fully saturated rings. The molecule has 0 aliphatic heterocycles. The maximum absolute atomic E-state index is 12.1. The van der Waals surface area contributed by atoms with Gasteiger partial charge in [-0.05, 0) is 24.1 Å². The Bertz CT molecular complexity index is 575. The van der Waals surface area contributed by atoms with E-state index >= 15 is 0 Å². The molecule has 5 heteroatoms. The summed E-state index contributed by atoms with van der Waals surface area (Å²) in [6, 6.07) is 7.71. The van der Waals surface area contributed by atoms with Crippen LogP contribution in [0.3, 0.4) is 0 Å². The van der Waals surface area contributed by atoms with Crippen LogP contribution in [0.2, 0.25) is 0 Å². The molecule has 1 aromatic heterocycles. The molecule has 1 amide bonds. The number of rotatable bonds is 5. The first-order chi connectivity index (χ1) is 9.63. The fourth-order valence-corrected chi connectivity index (χ4v) is 2.04. The van der Waals surface area contributed by atoms with Crippen LogP contribution >= 0.6 is 0 Å². The number of ether oxygens (including phenoxy) is 1. The summed E-state index contributed by atoms with van der Waals surface area (Å²) >= 11 is 0. The first kappa shape index (κ1) is 14.1. The topological polar surface area (TPSA) is 56.2 Å². The van der Waals surface area contributed by atoms with Crippen LogP contribution in [-0.2, 0) is 7.05 Å². The molecule has 1 unspecified atom stereocenters. The van der Waals surface area contributed by atoms with Crippen molar-refractivity contribution < 1.29 is 9.53 Å². The van der Waals surface area contributed by atoms with Crippen LogP contribution in [0.25, 0.3) is 0 Å². The van der Waals surface area contributed by atoms with E-state index in [1.165, 1.54) is 0 Å². The number of aromatic nitrogens is 2. The summed E-state index contributed by atoms with van der Waals surface area (Å²) < 4.78 is 6.75. The van der Waals surface area contributed by atoms with Crippen LogP contribution in [0.4, 0.5) is 0 Å². The molecule has 0 saturated heterocycles. The molecule has 1 heterocycles. The minimum atomic E-state index is -0.110. The second kappa shape index (κ2) is 6.23. The van der Waals surface area contributed by atoms with E-state index in [1.807, 2.05) is 31.2 Å². The van der Waals surface area contributed by atoms with Crippen LogP contribution in [-0.4, -0.2) is 22.8 Å². The average molecular weight is 273 g/mol. The lowest BCUT2D eigenvalue weighted by atomic mass is 10.0. The van der Waals surface area contributed by atoms with Crippen LogP contribution < -0.4 is 10.1 Å². The van der Waals surface area contributed by atoms with Gasteiger partial charge in [-0.1, -0.05) is 19.1 Å². The Hall–Kier alpha value is -2.30. The average Bonchev–Trinajstić information content (AvgIpc) is 2.91. The highest BCUT2D eigenvalue weighted by Crippen LogP contribution is 2.20. The van der Waals surface area contributed by atoms with E-state index in [0.717, 1.165) is 17.7 Å². The third-order valence-electron chi connectivity index (χ3n) is 3.20. The largest absolute Gasteiger partial charge is 0.497 e. The first-order valence-corrected chi connectivity index (χ1v) is 6.57. The summed E-state index contributed by atoms with van der Waals surface area (Å²) in [6.45, 7) is 2.04. The molecule has 1 aromatic carbocycles. The van der Waals surface area contributed by atoms with Gasteiger partial charge in [-0.15, -0.1) is 0 Å². The molecule has 106 valence electrons. The normalized spacial score (nSPS) is 11.9. The van der Waals surface area contributed by atoms with E-state index in [4.69, 9.17) is 4.74 Å². The van der Waals surface area contributed by atoms with Gasteiger partial charge >= 0.3 is 0 Å². The summed E-state index contributed by atoms with van der Waals surface area (Å²) in [5.74, 6) is 0.697. The summed E-state index contributed by atoms with van der Waals surface area (Å²) in [7, 11) is 3.42. The summed E-state index contributed by atoms with van der Waals surface area (Å²) in [5.41, 5.74) is 1.63. The Labute approximate surface area is 118 Å². The van der Waals surface area contributed by atoms with Gasteiger partial charge in [0.25, 0.3) is 5.91 Å². The van der Waals surface area contributed by atoms with Crippen LogP contribution in [0.1, 0.15) is 35.3 Å². The van der Waals surface area contributed by atoms with Crippen molar-refractivity contribution in [2.45, 2.75) is 19.4 Å². The smallest absolute Gasteiger partial charge is 0.254 e. The molecule has 0 saturated carbocycles. The molecule has 0 spiro atoms. The van der Waals surface area contributed by atoms with Crippen LogP contribution in [0.5, 0.6) is 5.75 Å². The van der Waals surface area contributed by atoms with Crippen LogP contribution in [0, 0.1) is 0 Å². The maximum Gasteiger partial charge on any atom is 0.254 e. The summed E-state index contributed by atoms with van der Waals surface area (Å²) in [5, 5.41) is 7.02. The molecule has 20 heavy (non-hydrogen) atoms. The van der Waals surface area contributed by atoms with Crippen molar-refractivity contribution in [3.05, 3.63) is 47.8 Å². The SMILES string of the molecule is CCC(NC(=O)c1cnn(C)c1)c1ccc(OC)cc1. The molecule has 2 aromatic rings. The Morgan fingerprint density at radius 1 is 1.40 bits per heavy atom. The van der Waals surface area contributed by atoms with Crippen molar-refractivity contribution in [1.82, 2.24) is 15.1 Å². The number of methoxy groups -OCH3 is 1. The predicted molar refractivity (Wildman–Crippen MR) is 76.7 cm³/mol. The monoisotopic (exact) mass is 273 g/mol. The van der Waals surface area contributed by atoms with Gasteiger partial charge in [0.05, 0.1) is 24.9 Å². The first-order valence-electron chi connectivity index (χ1n) is 6.57. The van der Waals surface area contributed by atoms with Crippen molar-refractivity contribution in [2.75, 3.05) is 7.11 Å². The zero-order valence-corrected chi connectivity index (χ0v) is 12.0. The molecule has 1 N–H and O–H groups in total. The standard InChI is InChI=1S/C15H19N3O2/c1-4-14(11-5-7-13(20-3)8-6-11)17-15(19)12-9-16-18(2)10-12/h5-10,14H,4H2,1-3H3,(H,17,19). The highest BCUT2D eigenvalue weighted by molar-refractivity contribution is 5.93. The Balaban J connectivity index is 2.09. The fraction of sp³-hybridized carbons (Fsp3) is 0.333. The fourth-order valence-electron chi connectivity index (χ4n) is 2.04. The highest BCUT2D eigenvalue weighted by atomic mass is 16.5. The number of benzene rings is 1. The lowest BCUT2D eigenvalue weighted by Gasteiger charge is -2.17. The lowest BCUT2D eigenvalue weighted by molar-refractivity contribution is 0.0935. The van der Waals surface area contributed by atoms with Crippen molar-refractivity contribution in [3.8, 4) is 5.75 Å². The zero-order valence-electron chi connectivity index (χ0n) is 12.0. The minimum Gasteiger partial charge on any atom is -0.497 e. The quantitative estimate of drug-likeness (QED) is 0.909. The number of carbonyl (C=O) groups excluding carboxylic acids is 1. The number of nitrogens with one attached hydrogen (secondary N) is 1. The highest BCUT2D eigenvalue weighted by Gasteiger charge is 2.15. The molecule has 2 rings (SSSR count). The van der Waals surface area contributed by atoms with Gasteiger partial charge in [-0.2, -0.15) is 5.10 Å². The molecule has 5 nitrogen and oxygen atoms in total. The van der Waals surface area contributed by atoms with Gasteiger partial charge in [0.2, 0.25) is 0 Å². The summed E-state index contributed by atoms with van der Waals surface area (Å²) in [4.78, 5) is 12.1. The number of aryl methyl sites for hydroxylation is 1. The molecular formula is C15H19N3O2. The summed E-state index contributed by atoms with van der Waals surface area (Å²) in [6.07, 6.45) is 4.09. The minimum absolute atomic E-state index is 0.0198. The van der Waals surface area contributed by atoms with Crippen molar-refractivity contribution in [3.63, 3.8) is 0 Å². The maximum atomic E-state index is 12.1. The second-order valence-corrected chi connectivity index (χ2v) is 4.61. The lowest BCUT2D eigenvalue weighted by Crippen LogP contribution is -2.27. The number of carbonyl (C=O) groups is 1. The molecule has 0 aliphatic rings. The van der Waals surface area contributed by atoms with Gasteiger partial charge in [0.1, 0.15) is 5.75 Å². The van der Waals surface area contributed by atoms with E-state index in [-0.39, 0.29) is 11.9 Å². The van der Waals surface area contributed by atoms with E-state index in [2.05, 4.69) is 10.4 Å².